The lowest BCUT2D eigenvalue weighted by molar-refractivity contribution is 0.717. The van der Waals surface area contributed by atoms with Crippen LogP contribution in [0.4, 0.5) is 0 Å². The van der Waals surface area contributed by atoms with E-state index in [1.807, 2.05) is 18.2 Å². The summed E-state index contributed by atoms with van der Waals surface area (Å²) in [6, 6.07) is 18.6. The SMILES string of the molecule is Cc1cccc(C(N)Cc2nc(-c3ccccc3)cs2)c1. The van der Waals surface area contributed by atoms with Gasteiger partial charge in [-0.2, -0.15) is 0 Å². The van der Waals surface area contributed by atoms with Crippen LogP contribution >= 0.6 is 11.3 Å². The highest BCUT2D eigenvalue weighted by atomic mass is 32.1. The molecule has 0 fully saturated rings. The molecule has 0 radical (unpaired) electrons. The molecule has 1 atom stereocenters. The number of nitrogens with zero attached hydrogens (tertiary/aromatic N) is 1. The number of aryl methyl sites for hydroxylation is 1. The van der Waals surface area contributed by atoms with Crippen LogP contribution in [-0.2, 0) is 6.42 Å². The standard InChI is InChI=1S/C18H18N2S/c1-13-6-5-9-15(10-13)16(19)11-18-20-17(12-21-18)14-7-3-2-4-8-14/h2-10,12,16H,11,19H2,1H3. The Balaban J connectivity index is 1.75. The van der Waals surface area contributed by atoms with Crippen LogP contribution in [0, 0.1) is 6.92 Å². The Bertz CT molecular complexity index is 719. The molecule has 3 aromatic rings. The molecule has 0 aliphatic rings. The topological polar surface area (TPSA) is 38.9 Å². The number of thiazole rings is 1. The van der Waals surface area contributed by atoms with E-state index in [4.69, 9.17) is 10.7 Å². The van der Waals surface area contributed by atoms with E-state index in [0.717, 1.165) is 22.7 Å². The lowest BCUT2D eigenvalue weighted by Crippen LogP contribution is -2.13. The van der Waals surface area contributed by atoms with Gasteiger partial charge in [-0.1, -0.05) is 60.2 Å². The minimum atomic E-state index is -0.000302. The molecule has 1 unspecified atom stereocenters. The Hall–Kier alpha value is -1.97. The maximum absolute atomic E-state index is 6.31. The highest BCUT2D eigenvalue weighted by Gasteiger charge is 2.11. The van der Waals surface area contributed by atoms with E-state index in [0.29, 0.717) is 0 Å². The first-order valence-corrected chi connectivity index (χ1v) is 7.92. The van der Waals surface area contributed by atoms with Crippen molar-refractivity contribution in [3.8, 4) is 11.3 Å². The van der Waals surface area contributed by atoms with Crippen molar-refractivity contribution < 1.29 is 0 Å². The van der Waals surface area contributed by atoms with Gasteiger partial charge >= 0.3 is 0 Å². The maximum Gasteiger partial charge on any atom is 0.0951 e. The van der Waals surface area contributed by atoms with Crippen LogP contribution in [-0.4, -0.2) is 4.98 Å². The van der Waals surface area contributed by atoms with Crippen molar-refractivity contribution in [2.75, 3.05) is 0 Å². The van der Waals surface area contributed by atoms with Gasteiger partial charge in [0.2, 0.25) is 0 Å². The number of nitrogens with two attached hydrogens (primary N) is 1. The van der Waals surface area contributed by atoms with Crippen molar-refractivity contribution in [2.45, 2.75) is 19.4 Å². The molecule has 2 nitrogen and oxygen atoms in total. The third-order valence-electron chi connectivity index (χ3n) is 3.49. The van der Waals surface area contributed by atoms with Crippen LogP contribution in [0.15, 0.2) is 60.0 Å². The number of aromatic nitrogens is 1. The molecule has 2 N–H and O–H groups in total. The van der Waals surface area contributed by atoms with E-state index in [1.54, 1.807) is 11.3 Å². The molecule has 1 heterocycles. The fraction of sp³-hybridized carbons (Fsp3) is 0.167. The number of hydrogen-bond acceptors (Lipinski definition) is 3. The summed E-state index contributed by atoms with van der Waals surface area (Å²) in [6.07, 6.45) is 0.779. The lowest BCUT2D eigenvalue weighted by Gasteiger charge is -2.10. The molecular formula is C18H18N2S. The molecule has 0 aliphatic heterocycles. The molecular weight excluding hydrogens is 276 g/mol. The molecule has 0 aliphatic carbocycles. The van der Waals surface area contributed by atoms with Gasteiger partial charge in [0.15, 0.2) is 0 Å². The fourth-order valence-corrected chi connectivity index (χ4v) is 3.22. The second-order valence-electron chi connectivity index (χ2n) is 5.22. The van der Waals surface area contributed by atoms with E-state index in [-0.39, 0.29) is 6.04 Å². The first-order chi connectivity index (χ1) is 10.2. The van der Waals surface area contributed by atoms with Crippen LogP contribution in [0.3, 0.4) is 0 Å². The predicted octanol–water partition coefficient (Wildman–Crippen LogP) is 4.36. The molecule has 3 heteroatoms. The van der Waals surface area contributed by atoms with Crippen molar-refractivity contribution in [1.82, 2.24) is 4.98 Å². The summed E-state index contributed by atoms with van der Waals surface area (Å²) >= 11 is 1.68. The Morgan fingerprint density at radius 1 is 1.10 bits per heavy atom. The molecule has 1 aromatic heterocycles. The van der Waals surface area contributed by atoms with Gasteiger partial charge in [0, 0.05) is 23.4 Å². The smallest absolute Gasteiger partial charge is 0.0951 e. The van der Waals surface area contributed by atoms with Gasteiger partial charge in [0.25, 0.3) is 0 Å². The second-order valence-corrected chi connectivity index (χ2v) is 6.16. The number of rotatable bonds is 4. The van der Waals surface area contributed by atoms with Crippen LogP contribution in [0.1, 0.15) is 22.2 Å². The number of benzene rings is 2. The summed E-state index contributed by atoms with van der Waals surface area (Å²) in [4.78, 5) is 4.71. The average Bonchev–Trinajstić information content (AvgIpc) is 2.97. The molecule has 3 rings (SSSR count). The summed E-state index contributed by atoms with van der Waals surface area (Å²) in [5.41, 5.74) is 10.9. The van der Waals surface area contributed by atoms with Crippen molar-refractivity contribution in [3.05, 3.63) is 76.1 Å². The van der Waals surface area contributed by atoms with E-state index in [2.05, 4.69) is 48.7 Å². The van der Waals surface area contributed by atoms with Crippen LogP contribution in [0.5, 0.6) is 0 Å². The summed E-state index contributed by atoms with van der Waals surface area (Å²) in [7, 11) is 0. The first-order valence-electron chi connectivity index (χ1n) is 7.04. The highest BCUT2D eigenvalue weighted by Crippen LogP contribution is 2.24. The van der Waals surface area contributed by atoms with Crippen LogP contribution in [0.25, 0.3) is 11.3 Å². The zero-order valence-corrected chi connectivity index (χ0v) is 12.8. The summed E-state index contributed by atoms with van der Waals surface area (Å²) < 4.78 is 0. The van der Waals surface area contributed by atoms with Crippen molar-refractivity contribution in [2.24, 2.45) is 5.73 Å². The molecule has 0 saturated carbocycles. The van der Waals surface area contributed by atoms with Gasteiger partial charge in [-0.05, 0) is 12.5 Å². The van der Waals surface area contributed by atoms with E-state index in [1.165, 1.54) is 11.1 Å². The monoisotopic (exact) mass is 294 g/mol. The maximum atomic E-state index is 6.31. The van der Waals surface area contributed by atoms with Gasteiger partial charge in [-0.25, -0.2) is 4.98 Å². The van der Waals surface area contributed by atoms with Crippen LogP contribution in [0.2, 0.25) is 0 Å². The summed E-state index contributed by atoms with van der Waals surface area (Å²) in [6.45, 7) is 2.09. The highest BCUT2D eigenvalue weighted by molar-refractivity contribution is 7.09. The molecule has 21 heavy (non-hydrogen) atoms. The third-order valence-corrected chi connectivity index (χ3v) is 4.36. The second kappa shape index (κ2) is 6.20. The van der Waals surface area contributed by atoms with Gasteiger partial charge in [0.1, 0.15) is 0 Å². The Labute approximate surface area is 129 Å². The third kappa shape index (κ3) is 3.38. The van der Waals surface area contributed by atoms with Crippen molar-refractivity contribution in [1.29, 1.82) is 0 Å². The molecule has 0 spiro atoms. The average molecular weight is 294 g/mol. The minimum Gasteiger partial charge on any atom is -0.324 e. The summed E-state index contributed by atoms with van der Waals surface area (Å²) in [5, 5.41) is 3.19. The van der Waals surface area contributed by atoms with Gasteiger partial charge in [-0.3, -0.25) is 0 Å². The fourth-order valence-electron chi connectivity index (χ4n) is 2.35. The van der Waals surface area contributed by atoms with Crippen molar-refractivity contribution in [3.63, 3.8) is 0 Å². The minimum absolute atomic E-state index is 0.000302. The lowest BCUT2D eigenvalue weighted by atomic mass is 10.0. The predicted molar refractivity (Wildman–Crippen MR) is 89.4 cm³/mol. The van der Waals surface area contributed by atoms with Crippen LogP contribution < -0.4 is 5.73 Å². The first kappa shape index (κ1) is 14.0. The Kier molecular flexibility index (Phi) is 4.13. The quantitative estimate of drug-likeness (QED) is 0.776. The summed E-state index contributed by atoms with van der Waals surface area (Å²) in [5.74, 6) is 0. The molecule has 0 saturated heterocycles. The number of hydrogen-bond donors (Lipinski definition) is 1. The normalized spacial score (nSPS) is 12.3. The van der Waals surface area contributed by atoms with Gasteiger partial charge in [-0.15, -0.1) is 11.3 Å². The van der Waals surface area contributed by atoms with Crippen molar-refractivity contribution >= 4 is 11.3 Å². The molecule has 2 aromatic carbocycles. The Morgan fingerprint density at radius 3 is 2.67 bits per heavy atom. The molecule has 106 valence electrons. The zero-order chi connectivity index (χ0) is 14.7. The Morgan fingerprint density at radius 2 is 1.90 bits per heavy atom. The molecule has 0 amide bonds. The molecule has 0 bridgehead atoms. The van der Waals surface area contributed by atoms with Gasteiger partial charge < -0.3 is 5.73 Å². The van der Waals surface area contributed by atoms with E-state index >= 15 is 0 Å². The van der Waals surface area contributed by atoms with E-state index in [9.17, 15) is 0 Å². The van der Waals surface area contributed by atoms with Gasteiger partial charge in [0.05, 0.1) is 10.7 Å². The zero-order valence-electron chi connectivity index (χ0n) is 12.0. The largest absolute Gasteiger partial charge is 0.324 e. The van der Waals surface area contributed by atoms with E-state index < -0.39 is 0 Å².